The fourth-order valence-electron chi connectivity index (χ4n) is 1.34. The Balaban J connectivity index is 2.50. The molecule has 0 aliphatic heterocycles. The molecule has 0 radical (unpaired) electrons. The number of hydrogen-bond donors (Lipinski definition) is 1. The Kier molecular flexibility index (Phi) is 6.27. The van der Waals surface area contributed by atoms with E-state index in [9.17, 15) is 8.42 Å². The fourth-order valence-corrected chi connectivity index (χ4v) is 2.83. The first-order valence-electron chi connectivity index (χ1n) is 5.64. The van der Waals surface area contributed by atoms with Crippen LogP contribution in [0.2, 0.25) is 0 Å². The van der Waals surface area contributed by atoms with E-state index in [0.717, 1.165) is 0 Å². The molecule has 0 amide bonds. The monoisotopic (exact) mass is 339 g/mol. The third kappa shape index (κ3) is 4.68. The van der Waals surface area contributed by atoms with E-state index >= 15 is 0 Å². The molecule has 0 spiro atoms. The average molecular weight is 340 g/mol. The second-order valence-electron chi connectivity index (χ2n) is 3.78. The molecule has 1 aromatic rings. The van der Waals surface area contributed by atoms with Gasteiger partial charge in [-0.1, -0.05) is 15.9 Å². The number of sulfonamides is 1. The summed E-state index contributed by atoms with van der Waals surface area (Å²) in [5.74, 6) is 0. The number of imidazole rings is 1. The highest BCUT2D eigenvalue weighted by Gasteiger charge is 2.17. The molecule has 0 bridgehead atoms. The Morgan fingerprint density at radius 2 is 2.33 bits per heavy atom. The summed E-state index contributed by atoms with van der Waals surface area (Å²) in [7, 11) is -1.90. The Hall–Kier alpha value is -0.440. The minimum Gasteiger partial charge on any atom is -0.384 e. The van der Waals surface area contributed by atoms with E-state index < -0.39 is 10.0 Å². The molecule has 0 aliphatic carbocycles. The number of nitrogens with one attached hydrogen (secondary N) is 1. The van der Waals surface area contributed by atoms with Crippen LogP contribution in [0.1, 0.15) is 13.3 Å². The second kappa shape index (κ2) is 7.22. The van der Waals surface area contributed by atoms with Gasteiger partial charge >= 0.3 is 0 Å². The smallest absolute Gasteiger partial charge is 0.259 e. The number of methoxy groups -OCH3 is 1. The maximum absolute atomic E-state index is 11.9. The molecule has 0 saturated heterocycles. The van der Waals surface area contributed by atoms with Gasteiger partial charge in [0.2, 0.25) is 0 Å². The zero-order valence-electron chi connectivity index (χ0n) is 10.5. The standard InChI is InChI=1S/C10H18BrN3O3S/c1-3-14-6-10(12-8-14)18(15,16)13-5-4-9(11)7-17-2/h6,8-9,13H,3-5,7H2,1-2H3. The molecule has 0 aliphatic rings. The van der Waals surface area contributed by atoms with Gasteiger partial charge in [-0.2, -0.15) is 0 Å². The van der Waals surface area contributed by atoms with E-state index in [-0.39, 0.29) is 9.85 Å². The summed E-state index contributed by atoms with van der Waals surface area (Å²) in [5.41, 5.74) is 0. The fraction of sp³-hybridized carbons (Fsp3) is 0.700. The Morgan fingerprint density at radius 1 is 1.61 bits per heavy atom. The van der Waals surface area contributed by atoms with Gasteiger partial charge in [0, 0.05) is 31.2 Å². The van der Waals surface area contributed by atoms with Gasteiger partial charge < -0.3 is 9.30 Å². The number of ether oxygens (including phenoxy) is 1. The molecular formula is C10H18BrN3O3S. The molecule has 1 aromatic heterocycles. The van der Waals surface area contributed by atoms with Crippen LogP contribution in [0.4, 0.5) is 0 Å². The molecule has 1 atom stereocenters. The lowest BCUT2D eigenvalue weighted by Gasteiger charge is -2.08. The van der Waals surface area contributed by atoms with Crippen molar-refractivity contribution >= 4 is 26.0 Å². The van der Waals surface area contributed by atoms with E-state index in [2.05, 4.69) is 25.6 Å². The molecule has 18 heavy (non-hydrogen) atoms. The lowest BCUT2D eigenvalue weighted by atomic mass is 10.3. The SMILES string of the molecule is CCn1cnc(S(=O)(=O)NCCC(Br)COC)c1. The number of aryl methyl sites for hydroxylation is 1. The number of halogens is 1. The number of nitrogens with zero attached hydrogens (tertiary/aromatic N) is 2. The first kappa shape index (κ1) is 15.6. The molecule has 1 rings (SSSR count). The van der Waals surface area contributed by atoms with Crippen molar-refractivity contribution in [3.8, 4) is 0 Å². The highest BCUT2D eigenvalue weighted by Crippen LogP contribution is 2.07. The lowest BCUT2D eigenvalue weighted by Crippen LogP contribution is -2.27. The largest absolute Gasteiger partial charge is 0.384 e. The Bertz CT molecular complexity index is 461. The topological polar surface area (TPSA) is 73.2 Å². The van der Waals surface area contributed by atoms with Gasteiger partial charge in [-0.15, -0.1) is 0 Å². The highest BCUT2D eigenvalue weighted by molar-refractivity contribution is 9.09. The molecule has 1 unspecified atom stereocenters. The zero-order valence-corrected chi connectivity index (χ0v) is 12.9. The zero-order chi connectivity index (χ0) is 13.6. The predicted octanol–water partition coefficient (Wildman–Crippen LogP) is 0.981. The van der Waals surface area contributed by atoms with Crippen molar-refractivity contribution < 1.29 is 13.2 Å². The van der Waals surface area contributed by atoms with Crippen LogP contribution in [0.15, 0.2) is 17.6 Å². The summed E-state index contributed by atoms with van der Waals surface area (Å²) in [4.78, 5) is 4.01. The van der Waals surface area contributed by atoms with E-state index in [1.165, 1.54) is 12.5 Å². The van der Waals surface area contributed by atoms with Gasteiger partial charge in [0.25, 0.3) is 10.0 Å². The summed E-state index contributed by atoms with van der Waals surface area (Å²) in [6.45, 7) is 3.51. The Morgan fingerprint density at radius 3 is 2.89 bits per heavy atom. The number of aromatic nitrogens is 2. The summed E-state index contributed by atoms with van der Waals surface area (Å²) < 4.78 is 32.9. The van der Waals surface area contributed by atoms with E-state index in [0.29, 0.717) is 26.1 Å². The van der Waals surface area contributed by atoms with Gasteiger partial charge in [-0.3, -0.25) is 0 Å². The minimum atomic E-state index is -3.50. The van der Waals surface area contributed by atoms with Crippen LogP contribution in [0.25, 0.3) is 0 Å². The van der Waals surface area contributed by atoms with Crippen molar-refractivity contribution in [3.05, 3.63) is 12.5 Å². The van der Waals surface area contributed by atoms with Crippen LogP contribution >= 0.6 is 15.9 Å². The van der Waals surface area contributed by atoms with Crippen molar-refractivity contribution in [2.75, 3.05) is 20.3 Å². The first-order chi connectivity index (χ1) is 8.49. The summed E-state index contributed by atoms with van der Waals surface area (Å²) in [5, 5.41) is 0.0576. The van der Waals surface area contributed by atoms with Gasteiger partial charge in [0.1, 0.15) is 0 Å². The van der Waals surface area contributed by atoms with Crippen LogP contribution in [0, 0.1) is 0 Å². The second-order valence-corrected chi connectivity index (χ2v) is 6.79. The molecule has 1 heterocycles. The Labute approximate surface area is 116 Å². The predicted molar refractivity (Wildman–Crippen MR) is 72.3 cm³/mol. The first-order valence-corrected chi connectivity index (χ1v) is 8.04. The van der Waals surface area contributed by atoms with Crippen molar-refractivity contribution in [1.82, 2.24) is 14.3 Å². The molecule has 1 N–H and O–H groups in total. The third-order valence-electron chi connectivity index (χ3n) is 2.35. The van der Waals surface area contributed by atoms with E-state index in [4.69, 9.17) is 4.74 Å². The third-order valence-corrected chi connectivity index (χ3v) is 4.42. The molecular weight excluding hydrogens is 322 g/mol. The van der Waals surface area contributed by atoms with Crippen LogP contribution < -0.4 is 4.72 Å². The highest BCUT2D eigenvalue weighted by atomic mass is 79.9. The summed E-state index contributed by atoms with van der Waals surface area (Å²) >= 11 is 3.40. The normalized spacial score (nSPS) is 13.7. The number of alkyl halides is 1. The summed E-state index contributed by atoms with van der Waals surface area (Å²) in [6, 6.07) is 0. The summed E-state index contributed by atoms with van der Waals surface area (Å²) in [6.07, 6.45) is 3.68. The minimum absolute atomic E-state index is 0.0576. The van der Waals surface area contributed by atoms with E-state index in [1.807, 2.05) is 6.92 Å². The van der Waals surface area contributed by atoms with Crippen LogP contribution in [-0.2, 0) is 21.3 Å². The molecule has 0 saturated carbocycles. The maximum atomic E-state index is 11.9. The van der Waals surface area contributed by atoms with Crippen LogP contribution in [0.5, 0.6) is 0 Å². The molecule has 0 fully saturated rings. The van der Waals surface area contributed by atoms with E-state index in [1.54, 1.807) is 11.7 Å². The van der Waals surface area contributed by atoms with Gasteiger partial charge in [0.05, 0.1) is 12.9 Å². The maximum Gasteiger partial charge on any atom is 0.259 e. The molecule has 8 heteroatoms. The quantitative estimate of drug-likeness (QED) is 0.716. The van der Waals surface area contributed by atoms with Crippen LogP contribution in [-0.4, -0.2) is 43.1 Å². The van der Waals surface area contributed by atoms with Crippen molar-refractivity contribution in [2.24, 2.45) is 0 Å². The van der Waals surface area contributed by atoms with Crippen LogP contribution in [0.3, 0.4) is 0 Å². The lowest BCUT2D eigenvalue weighted by molar-refractivity contribution is 0.199. The number of hydrogen-bond acceptors (Lipinski definition) is 4. The van der Waals surface area contributed by atoms with Crippen molar-refractivity contribution in [2.45, 2.75) is 29.7 Å². The van der Waals surface area contributed by atoms with Gasteiger partial charge in [0.15, 0.2) is 5.03 Å². The molecule has 6 nitrogen and oxygen atoms in total. The van der Waals surface area contributed by atoms with Crippen molar-refractivity contribution in [1.29, 1.82) is 0 Å². The average Bonchev–Trinajstić information content (AvgIpc) is 2.78. The van der Waals surface area contributed by atoms with Gasteiger partial charge in [-0.25, -0.2) is 18.1 Å². The van der Waals surface area contributed by atoms with Crippen molar-refractivity contribution in [3.63, 3.8) is 0 Å². The van der Waals surface area contributed by atoms with Gasteiger partial charge in [-0.05, 0) is 13.3 Å². The molecule has 0 aromatic carbocycles. The molecule has 104 valence electrons. The number of rotatable bonds is 8.